The molecule has 40 heavy (non-hydrogen) atoms. The molecule has 2 unspecified atom stereocenters. The van der Waals surface area contributed by atoms with Gasteiger partial charge in [0.05, 0.1) is 65.8 Å². The molecule has 0 saturated carbocycles. The summed E-state index contributed by atoms with van der Waals surface area (Å²) in [5.74, 6) is -2.28. The maximum atomic E-state index is 12.6. The van der Waals surface area contributed by atoms with Crippen molar-refractivity contribution < 1.29 is 47.7 Å². The van der Waals surface area contributed by atoms with Crippen LogP contribution in [0.2, 0.25) is 0 Å². The maximum Gasteiger partial charge on any atom is 0.320 e. The Hall–Kier alpha value is -2.77. The van der Waals surface area contributed by atoms with Gasteiger partial charge < -0.3 is 23.7 Å². The lowest BCUT2D eigenvalue weighted by Crippen LogP contribution is -2.57. The summed E-state index contributed by atoms with van der Waals surface area (Å²) >= 11 is 0. The van der Waals surface area contributed by atoms with Gasteiger partial charge in [-0.3, -0.25) is 38.7 Å². The number of likely N-dealkylation sites (tertiary alicyclic amines) is 1. The molecule has 13 heteroatoms. The summed E-state index contributed by atoms with van der Waals surface area (Å²) in [5, 5.41) is 0. The standard InChI is InChI=1S/C27H47N3O10/c1-6-36-23(31)16-28(17-24(32)37-7-2)14-21-12-11-13-22(30(21)20-27(35)40-10-5)15-29(18-25(33)38-8-3)19-26(34)39-9-4/h21-22H,6-20H2,1-5H3. The first kappa shape index (κ1) is 35.3. The number of hydrogen-bond acceptors (Lipinski definition) is 13. The van der Waals surface area contributed by atoms with Gasteiger partial charge in [-0.05, 0) is 47.5 Å². The molecule has 0 aromatic carbocycles. The second-order valence-electron chi connectivity index (χ2n) is 9.28. The highest BCUT2D eigenvalue weighted by Gasteiger charge is 2.36. The lowest BCUT2D eigenvalue weighted by Gasteiger charge is -2.44. The molecule has 0 aromatic rings. The Bertz CT molecular complexity index is 715. The smallest absolute Gasteiger partial charge is 0.320 e. The second-order valence-corrected chi connectivity index (χ2v) is 9.28. The highest BCUT2D eigenvalue weighted by atomic mass is 16.5. The first-order chi connectivity index (χ1) is 19.2. The van der Waals surface area contributed by atoms with Gasteiger partial charge in [-0.2, -0.15) is 0 Å². The third-order valence-electron chi connectivity index (χ3n) is 6.20. The van der Waals surface area contributed by atoms with Gasteiger partial charge in [0.2, 0.25) is 0 Å². The third kappa shape index (κ3) is 14.0. The van der Waals surface area contributed by atoms with Crippen LogP contribution in [0.4, 0.5) is 0 Å². The molecule has 2 atom stereocenters. The van der Waals surface area contributed by atoms with Crippen LogP contribution >= 0.6 is 0 Å². The van der Waals surface area contributed by atoms with E-state index in [-0.39, 0.29) is 77.8 Å². The lowest BCUT2D eigenvalue weighted by atomic mass is 9.94. The average Bonchev–Trinajstić information content (AvgIpc) is 2.86. The van der Waals surface area contributed by atoms with Crippen LogP contribution in [0, 0.1) is 0 Å². The van der Waals surface area contributed by atoms with Crippen molar-refractivity contribution in [2.45, 2.75) is 66.0 Å². The molecule has 0 N–H and O–H groups in total. The molecule has 0 radical (unpaired) electrons. The van der Waals surface area contributed by atoms with E-state index in [1.165, 1.54) is 0 Å². The van der Waals surface area contributed by atoms with Crippen molar-refractivity contribution in [1.29, 1.82) is 0 Å². The van der Waals surface area contributed by atoms with Crippen LogP contribution in [0.1, 0.15) is 53.9 Å². The van der Waals surface area contributed by atoms with Crippen LogP contribution < -0.4 is 0 Å². The molecule has 13 nitrogen and oxygen atoms in total. The summed E-state index contributed by atoms with van der Waals surface area (Å²) in [4.78, 5) is 67.2. The van der Waals surface area contributed by atoms with Gasteiger partial charge in [-0.25, -0.2) is 0 Å². The minimum atomic E-state index is -0.467. The number of piperidine rings is 1. The zero-order chi connectivity index (χ0) is 29.9. The van der Waals surface area contributed by atoms with E-state index in [0.29, 0.717) is 25.9 Å². The van der Waals surface area contributed by atoms with E-state index < -0.39 is 29.8 Å². The largest absolute Gasteiger partial charge is 0.465 e. The van der Waals surface area contributed by atoms with E-state index >= 15 is 0 Å². The number of carbonyl (C=O) groups is 5. The predicted molar refractivity (Wildman–Crippen MR) is 144 cm³/mol. The fourth-order valence-corrected chi connectivity index (χ4v) is 4.75. The molecule has 1 aliphatic heterocycles. The normalized spacial score (nSPS) is 17.4. The van der Waals surface area contributed by atoms with E-state index in [4.69, 9.17) is 23.7 Å². The van der Waals surface area contributed by atoms with Crippen molar-refractivity contribution in [3.8, 4) is 0 Å². The van der Waals surface area contributed by atoms with E-state index in [0.717, 1.165) is 6.42 Å². The molecule has 0 spiro atoms. The highest BCUT2D eigenvalue weighted by Crippen LogP contribution is 2.25. The van der Waals surface area contributed by atoms with Gasteiger partial charge in [-0.15, -0.1) is 0 Å². The van der Waals surface area contributed by atoms with Crippen LogP contribution in [0.25, 0.3) is 0 Å². The number of ether oxygens (including phenoxy) is 5. The third-order valence-corrected chi connectivity index (χ3v) is 6.20. The number of carbonyl (C=O) groups excluding carboxylic acids is 5. The quantitative estimate of drug-likeness (QED) is 0.158. The Labute approximate surface area is 237 Å². The molecule has 230 valence electrons. The monoisotopic (exact) mass is 573 g/mol. The fourth-order valence-electron chi connectivity index (χ4n) is 4.75. The van der Waals surface area contributed by atoms with Gasteiger partial charge in [0.25, 0.3) is 0 Å². The topological polar surface area (TPSA) is 141 Å². The number of nitrogens with zero attached hydrogens (tertiary/aromatic N) is 3. The zero-order valence-electron chi connectivity index (χ0n) is 24.7. The van der Waals surface area contributed by atoms with Gasteiger partial charge in [0.15, 0.2) is 0 Å². The lowest BCUT2D eigenvalue weighted by molar-refractivity contribution is -0.151. The fraction of sp³-hybridized carbons (Fsp3) is 0.815. The molecule has 1 rings (SSSR count). The Morgan fingerprint density at radius 2 is 0.850 bits per heavy atom. The summed E-state index contributed by atoms with van der Waals surface area (Å²) < 4.78 is 25.6. The first-order valence-corrected chi connectivity index (χ1v) is 14.2. The summed E-state index contributed by atoms with van der Waals surface area (Å²) in [5.41, 5.74) is 0. The Balaban J connectivity index is 3.21. The molecule has 0 aromatic heterocycles. The molecule has 1 fully saturated rings. The number of rotatable bonds is 19. The molecule has 0 amide bonds. The Morgan fingerprint density at radius 1 is 0.550 bits per heavy atom. The highest BCUT2D eigenvalue weighted by molar-refractivity contribution is 5.76. The van der Waals surface area contributed by atoms with Crippen molar-refractivity contribution in [2.24, 2.45) is 0 Å². The van der Waals surface area contributed by atoms with Crippen LogP contribution in [-0.4, -0.2) is 135 Å². The molecule has 0 aliphatic carbocycles. The Kier molecular flexibility index (Phi) is 17.8. The maximum absolute atomic E-state index is 12.6. The molecule has 1 saturated heterocycles. The van der Waals surface area contributed by atoms with Crippen molar-refractivity contribution in [2.75, 3.05) is 78.8 Å². The van der Waals surface area contributed by atoms with E-state index in [1.54, 1.807) is 44.4 Å². The molecular formula is C27H47N3O10. The predicted octanol–water partition coefficient (Wildman–Crippen LogP) is 0.629. The van der Waals surface area contributed by atoms with Gasteiger partial charge in [-0.1, -0.05) is 6.42 Å². The molecule has 1 heterocycles. The molecule has 1 aliphatic rings. The van der Waals surface area contributed by atoms with Gasteiger partial charge in [0.1, 0.15) is 0 Å². The molecule has 0 bridgehead atoms. The summed E-state index contributed by atoms with van der Waals surface area (Å²) in [7, 11) is 0. The van der Waals surface area contributed by atoms with Crippen molar-refractivity contribution in [3.63, 3.8) is 0 Å². The minimum Gasteiger partial charge on any atom is -0.465 e. The summed E-state index contributed by atoms with van der Waals surface area (Å²) in [6.07, 6.45) is 2.20. The van der Waals surface area contributed by atoms with E-state index in [1.807, 2.05) is 4.90 Å². The van der Waals surface area contributed by atoms with E-state index in [2.05, 4.69) is 0 Å². The van der Waals surface area contributed by atoms with Crippen LogP contribution in [0.15, 0.2) is 0 Å². The van der Waals surface area contributed by atoms with Crippen LogP contribution in [-0.2, 0) is 47.7 Å². The van der Waals surface area contributed by atoms with Crippen molar-refractivity contribution in [3.05, 3.63) is 0 Å². The first-order valence-electron chi connectivity index (χ1n) is 14.2. The number of hydrogen-bond donors (Lipinski definition) is 0. The van der Waals surface area contributed by atoms with Crippen LogP contribution in [0.5, 0.6) is 0 Å². The minimum absolute atomic E-state index is 0.0253. The average molecular weight is 574 g/mol. The van der Waals surface area contributed by atoms with Gasteiger partial charge in [0, 0.05) is 25.2 Å². The van der Waals surface area contributed by atoms with Crippen LogP contribution in [0.3, 0.4) is 0 Å². The number of esters is 5. The van der Waals surface area contributed by atoms with Crippen molar-refractivity contribution >= 4 is 29.8 Å². The zero-order valence-corrected chi connectivity index (χ0v) is 24.7. The molecular weight excluding hydrogens is 526 g/mol. The summed E-state index contributed by atoms with van der Waals surface area (Å²) in [6, 6.07) is -0.446. The summed E-state index contributed by atoms with van der Waals surface area (Å²) in [6.45, 7) is 9.74. The Morgan fingerprint density at radius 3 is 1.15 bits per heavy atom. The van der Waals surface area contributed by atoms with Gasteiger partial charge >= 0.3 is 29.8 Å². The SMILES string of the molecule is CCOC(=O)CN(CC(=O)OCC)CC1CCCC(CN(CC(=O)OCC)CC(=O)OCC)N1CC(=O)OCC. The second kappa shape index (κ2) is 20.2. The van der Waals surface area contributed by atoms with Crippen molar-refractivity contribution in [1.82, 2.24) is 14.7 Å². The van der Waals surface area contributed by atoms with E-state index in [9.17, 15) is 24.0 Å².